The second-order valence-electron chi connectivity index (χ2n) is 6.15. The molecule has 21 heavy (non-hydrogen) atoms. The van der Waals surface area contributed by atoms with Gasteiger partial charge in [0.15, 0.2) is 0 Å². The van der Waals surface area contributed by atoms with Crippen molar-refractivity contribution in [3.05, 3.63) is 28.2 Å². The van der Waals surface area contributed by atoms with Crippen LogP contribution in [0.5, 0.6) is 0 Å². The van der Waals surface area contributed by atoms with Gasteiger partial charge in [-0.2, -0.15) is 0 Å². The third-order valence-corrected chi connectivity index (χ3v) is 5.78. The Labute approximate surface area is 140 Å². The lowest BCUT2D eigenvalue weighted by atomic mass is 9.84. The van der Waals surface area contributed by atoms with Crippen LogP contribution < -0.4 is 0 Å². The Hall–Kier alpha value is -0.520. The van der Waals surface area contributed by atoms with E-state index in [-0.39, 0.29) is 5.91 Å². The van der Waals surface area contributed by atoms with Crippen LogP contribution in [0, 0.1) is 5.92 Å². The van der Waals surface area contributed by atoms with E-state index < -0.39 is 0 Å². The molecule has 2 aliphatic heterocycles. The van der Waals surface area contributed by atoms with Crippen LogP contribution in [0.2, 0.25) is 0 Å². The zero-order chi connectivity index (χ0) is 15.0. The predicted octanol–water partition coefficient (Wildman–Crippen LogP) is 3.29. The molecule has 0 bridgehead atoms. The summed E-state index contributed by atoms with van der Waals surface area (Å²) in [5.41, 5.74) is 0.727. The number of halogens is 1. The van der Waals surface area contributed by atoms with Crippen molar-refractivity contribution in [1.82, 2.24) is 9.80 Å². The van der Waals surface area contributed by atoms with E-state index in [9.17, 15) is 4.79 Å². The molecule has 0 spiro atoms. The van der Waals surface area contributed by atoms with Crippen molar-refractivity contribution in [2.45, 2.75) is 30.2 Å². The second kappa shape index (κ2) is 6.31. The van der Waals surface area contributed by atoms with Crippen molar-refractivity contribution in [3.63, 3.8) is 0 Å². The number of carbonyl (C=O) groups excluding carboxylic acids is 1. The lowest BCUT2D eigenvalue weighted by Gasteiger charge is -2.46. The summed E-state index contributed by atoms with van der Waals surface area (Å²) in [7, 11) is 2.22. The fourth-order valence-electron chi connectivity index (χ4n) is 3.68. The van der Waals surface area contributed by atoms with Gasteiger partial charge in [0.05, 0.1) is 5.56 Å². The third kappa shape index (κ3) is 3.15. The van der Waals surface area contributed by atoms with Gasteiger partial charge in [-0.15, -0.1) is 12.6 Å². The summed E-state index contributed by atoms with van der Waals surface area (Å²) in [5, 5.41) is 0. The largest absolute Gasteiger partial charge is 0.338 e. The van der Waals surface area contributed by atoms with Crippen molar-refractivity contribution < 1.29 is 4.79 Å². The molecule has 2 fully saturated rings. The van der Waals surface area contributed by atoms with Gasteiger partial charge in [-0.25, -0.2) is 0 Å². The Bertz CT molecular complexity index is 551. The third-order valence-electron chi connectivity index (χ3n) is 4.81. The maximum absolute atomic E-state index is 12.8. The first kappa shape index (κ1) is 15.4. The maximum Gasteiger partial charge on any atom is 0.255 e. The lowest BCUT2D eigenvalue weighted by Crippen LogP contribution is -2.53. The summed E-state index contributed by atoms with van der Waals surface area (Å²) in [6.07, 6.45) is 3.58. The van der Waals surface area contributed by atoms with E-state index in [2.05, 4.69) is 40.5 Å². The lowest BCUT2D eigenvalue weighted by molar-refractivity contribution is 0.0316. The number of thiol groups is 1. The molecule has 1 aromatic carbocycles. The zero-order valence-electron chi connectivity index (χ0n) is 12.3. The SMILES string of the molecule is CN1CCCC2CN(C(=O)c3cc(S)ccc3Br)CCC21. The van der Waals surface area contributed by atoms with Gasteiger partial charge in [-0.1, -0.05) is 0 Å². The number of amides is 1. The molecule has 1 amide bonds. The molecule has 3 rings (SSSR count). The first-order chi connectivity index (χ1) is 10.1. The summed E-state index contributed by atoms with van der Waals surface area (Å²) < 4.78 is 0.855. The van der Waals surface area contributed by atoms with Crippen LogP contribution in [0.1, 0.15) is 29.6 Å². The summed E-state index contributed by atoms with van der Waals surface area (Å²) in [6, 6.07) is 6.31. The van der Waals surface area contributed by atoms with Gasteiger partial charge < -0.3 is 9.80 Å². The summed E-state index contributed by atoms with van der Waals surface area (Å²) in [4.78, 5) is 18.1. The summed E-state index contributed by atoms with van der Waals surface area (Å²) >= 11 is 7.83. The minimum Gasteiger partial charge on any atom is -0.338 e. The average molecular weight is 369 g/mol. The molecule has 114 valence electrons. The minimum atomic E-state index is 0.129. The highest BCUT2D eigenvalue weighted by Gasteiger charge is 2.36. The maximum atomic E-state index is 12.8. The first-order valence-corrected chi connectivity index (χ1v) is 8.78. The van der Waals surface area contributed by atoms with Crippen LogP contribution in [0.4, 0.5) is 0 Å². The number of likely N-dealkylation sites (tertiary alicyclic amines) is 2. The van der Waals surface area contributed by atoms with Crippen molar-refractivity contribution in [2.24, 2.45) is 5.92 Å². The van der Waals surface area contributed by atoms with Gasteiger partial charge in [0.1, 0.15) is 0 Å². The molecule has 2 unspecified atom stereocenters. The highest BCUT2D eigenvalue weighted by Crippen LogP contribution is 2.31. The molecule has 2 saturated heterocycles. The fraction of sp³-hybridized carbons (Fsp3) is 0.562. The van der Waals surface area contributed by atoms with E-state index in [0.29, 0.717) is 12.0 Å². The molecule has 2 atom stereocenters. The van der Waals surface area contributed by atoms with Gasteiger partial charge in [0.2, 0.25) is 0 Å². The Morgan fingerprint density at radius 2 is 2.14 bits per heavy atom. The van der Waals surface area contributed by atoms with Crippen LogP contribution in [0.15, 0.2) is 27.6 Å². The monoisotopic (exact) mass is 368 g/mol. The number of nitrogens with zero attached hydrogens (tertiary/aromatic N) is 2. The van der Waals surface area contributed by atoms with Gasteiger partial charge >= 0.3 is 0 Å². The molecule has 1 aromatic rings. The topological polar surface area (TPSA) is 23.6 Å². The van der Waals surface area contributed by atoms with E-state index in [1.807, 2.05) is 23.1 Å². The Balaban J connectivity index is 1.76. The standard InChI is InChI=1S/C16H21BrN2OS/c1-18-7-2-3-11-10-19(8-6-15(11)18)16(20)13-9-12(21)4-5-14(13)17/h4-5,9,11,15,21H,2-3,6-8,10H2,1H3. The highest BCUT2D eigenvalue weighted by atomic mass is 79.9. The Kier molecular flexibility index (Phi) is 4.62. The van der Waals surface area contributed by atoms with E-state index >= 15 is 0 Å². The molecule has 2 aliphatic rings. The quantitative estimate of drug-likeness (QED) is 0.768. The number of rotatable bonds is 1. The molecule has 0 aliphatic carbocycles. The smallest absolute Gasteiger partial charge is 0.255 e. The summed E-state index contributed by atoms with van der Waals surface area (Å²) in [5.74, 6) is 0.754. The second-order valence-corrected chi connectivity index (χ2v) is 7.52. The van der Waals surface area contributed by atoms with Crippen molar-refractivity contribution in [3.8, 4) is 0 Å². The van der Waals surface area contributed by atoms with Gasteiger partial charge in [0.25, 0.3) is 5.91 Å². The van der Waals surface area contributed by atoms with Crippen molar-refractivity contribution in [1.29, 1.82) is 0 Å². The number of piperidine rings is 2. The number of hydrogen-bond acceptors (Lipinski definition) is 3. The molecule has 0 radical (unpaired) electrons. The van der Waals surface area contributed by atoms with Crippen molar-refractivity contribution in [2.75, 3.05) is 26.7 Å². The van der Waals surface area contributed by atoms with Crippen LogP contribution in [-0.2, 0) is 0 Å². The van der Waals surface area contributed by atoms with Gasteiger partial charge in [-0.3, -0.25) is 4.79 Å². The normalized spacial score (nSPS) is 26.5. The molecular formula is C16H21BrN2OS. The molecule has 2 heterocycles. The molecule has 5 heteroatoms. The predicted molar refractivity (Wildman–Crippen MR) is 91.1 cm³/mol. The molecule has 0 N–H and O–H groups in total. The van der Waals surface area contributed by atoms with E-state index in [1.54, 1.807) is 0 Å². The van der Waals surface area contributed by atoms with Crippen LogP contribution in [0.3, 0.4) is 0 Å². The van der Waals surface area contributed by atoms with Gasteiger partial charge in [-0.05, 0) is 72.9 Å². The first-order valence-electron chi connectivity index (χ1n) is 7.54. The zero-order valence-corrected chi connectivity index (χ0v) is 14.7. The summed E-state index contributed by atoms with van der Waals surface area (Å²) in [6.45, 7) is 2.94. The molecule has 3 nitrogen and oxygen atoms in total. The van der Waals surface area contributed by atoms with Crippen LogP contribution >= 0.6 is 28.6 Å². The fourth-order valence-corrected chi connectivity index (χ4v) is 4.30. The number of hydrogen-bond donors (Lipinski definition) is 1. The molecule has 0 aromatic heterocycles. The molecular weight excluding hydrogens is 348 g/mol. The van der Waals surface area contributed by atoms with E-state index in [4.69, 9.17) is 0 Å². The number of fused-ring (bicyclic) bond motifs is 1. The van der Waals surface area contributed by atoms with Gasteiger partial charge in [0, 0.05) is 28.5 Å². The van der Waals surface area contributed by atoms with E-state index in [1.165, 1.54) is 19.4 Å². The van der Waals surface area contributed by atoms with E-state index in [0.717, 1.165) is 34.4 Å². The van der Waals surface area contributed by atoms with Crippen LogP contribution in [0.25, 0.3) is 0 Å². The Morgan fingerprint density at radius 3 is 2.95 bits per heavy atom. The minimum absolute atomic E-state index is 0.129. The Morgan fingerprint density at radius 1 is 1.33 bits per heavy atom. The van der Waals surface area contributed by atoms with Crippen LogP contribution in [-0.4, -0.2) is 48.4 Å². The number of carbonyl (C=O) groups is 1. The number of benzene rings is 1. The molecule has 0 saturated carbocycles. The van der Waals surface area contributed by atoms with Crippen molar-refractivity contribution >= 4 is 34.5 Å². The average Bonchev–Trinajstić information content (AvgIpc) is 2.49. The highest BCUT2D eigenvalue weighted by molar-refractivity contribution is 9.10.